The highest BCUT2D eigenvalue weighted by atomic mass is 79.9. The van der Waals surface area contributed by atoms with Crippen molar-refractivity contribution in [2.24, 2.45) is 0 Å². The van der Waals surface area contributed by atoms with Crippen LogP contribution in [0.15, 0.2) is 41.3 Å². The number of rotatable bonds is 6. The van der Waals surface area contributed by atoms with Crippen molar-refractivity contribution in [2.45, 2.75) is 6.04 Å². The van der Waals surface area contributed by atoms with Gasteiger partial charge in [0.15, 0.2) is 0 Å². The molecule has 2 aromatic heterocycles. The highest BCUT2D eigenvalue weighted by molar-refractivity contribution is 9.10. The summed E-state index contributed by atoms with van der Waals surface area (Å²) in [5, 5.41) is 4.11. The summed E-state index contributed by atoms with van der Waals surface area (Å²) in [7, 11) is -3.31. The molecule has 8 heteroatoms. The molecule has 98 valence electrons. The maximum absolute atomic E-state index is 11.4. The molecular formula is C10H12BrN3O3S. The first-order chi connectivity index (χ1) is 8.62. The van der Waals surface area contributed by atoms with E-state index in [9.17, 15) is 8.42 Å². The normalized spacial score (nSPS) is 13.6. The van der Waals surface area contributed by atoms with Gasteiger partial charge in [-0.1, -0.05) is 15.9 Å². The van der Waals surface area contributed by atoms with Crippen molar-refractivity contribution in [2.75, 3.05) is 11.2 Å². The number of halogens is 1. The SMILES string of the molecule is O=S(=O)(CBr)NCC(c1ccco1)n1cccn1. The van der Waals surface area contributed by atoms with E-state index in [4.69, 9.17) is 4.42 Å². The third-order valence-electron chi connectivity index (χ3n) is 2.36. The van der Waals surface area contributed by atoms with Gasteiger partial charge in [0.2, 0.25) is 10.0 Å². The number of hydrogen-bond acceptors (Lipinski definition) is 4. The second-order valence-electron chi connectivity index (χ2n) is 3.59. The van der Waals surface area contributed by atoms with Crippen molar-refractivity contribution in [1.82, 2.24) is 14.5 Å². The van der Waals surface area contributed by atoms with E-state index in [2.05, 4.69) is 25.8 Å². The van der Waals surface area contributed by atoms with Crippen LogP contribution in [0.1, 0.15) is 11.8 Å². The molecule has 0 spiro atoms. The molecule has 0 bridgehead atoms. The zero-order chi connectivity index (χ0) is 13.0. The van der Waals surface area contributed by atoms with Crippen molar-refractivity contribution in [3.8, 4) is 0 Å². The van der Waals surface area contributed by atoms with Gasteiger partial charge >= 0.3 is 0 Å². The van der Waals surface area contributed by atoms with Gasteiger partial charge in [-0.25, -0.2) is 13.1 Å². The van der Waals surface area contributed by atoms with Gasteiger partial charge in [-0.05, 0) is 18.2 Å². The van der Waals surface area contributed by atoms with Gasteiger partial charge < -0.3 is 4.42 Å². The smallest absolute Gasteiger partial charge is 0.221 e. The lowest BCUT2D eigenvalue weighted by molar-refractivity contribution is 0.402. The zero-order valence-electron chi connectivity index (χ0n) is 9.36. The summed E-state index contributed by atoms with van der Waals surface area (Å²) in [5.41, 5.74) is 0. The predicted octanol–water partition coefficient (Wildman–Crippen LogP) is 1.34. The summed E-state index contributed by atoms with van der Waals surface area (Å²) in [6, 6.07) is 5.01. The Bertz CT molecular complexity index is 531. The van der Waals surface area contributed by atoms with Gasteiger partial charge in [-0.3, -0.25) is 4.68 Å². The van der Waals surface area contributed by atoms with Crippen LogP contribution < -0.4 is 4.72 Å². The monoisotopic (exact) mass is 333 g/mol. The van der Waals surface area contributed by atoms with Crippen LogP contribution in [0.2, 0.25) is 0 Å². The number of nitrogens with one attached hydrogen (secondary N) is 1. The van der Waals surface area contributed by atoms with Crippen LogP contribution in [0.5, 0.6) is 0 Å². The van der Waals surface area contributed by atoms with Crippen molar-refractivity contribution < 1.29 is 12.8 Å². The van der Waals surface area contributed by atoms with E-state index in [-0.39, 0.29) is 17.2 Å². The molecule has 1 unspecified atom stereocenters. The molecule has 0 aromatic carbocycles. The maximum atomic E-state index is 11.4. The van der Waals surface area contributed by atoms with E-state index in [1.807, 2.05) is 0 Å². The van der Waals surface area contributed by atoms with Crippen LogP contribution in [0, 0.1) is 0 Å². The summed E-state index contributed by atoms with van der Waals surface area (Å²) in [5.74, 6) is 0.649. The van der Waals surface area contributed by atoms with Crippen LogP contribution in [0.4, 0.5) is 0 Å². The Morgan fingerprint density at radius 2 is 2.33 bits per heavy atom. The number of nitrogens with zero attached hydrogens (tertiary/aromatic N) is 2. The van der Waals surface area contributed by atoms with E-state index in [0.29, 0.717) is 5.76 Å². The largest absolute Gasteiger partial charge is 0.467 e. The van der Waals surface area contributed by atoms with Crippen molar-refractivity contribution in [3.05, 3.63) is 42.6 Å². The Morgan fingerprint density at radius 3 is 2.89 bits per heavy atom. The average molecular weight is 334 g/mol. The van der Waals surface area contributed by atoms with E-state index in [1.165, 1.54) is 0 Å². The minimum atomic E-state index is -3.31. The maximum Gasteiger partial charge on any atom is 0.221 e. The molecule has 0 saturated carbocycles. The van der Waals surface area contributed by atoms with E-state index in [1.54, 1.807) is 41.5 Å². The molecular weight excluding hydrogens is 322 g/mol. The predicted molar refractivity (Wildman–Crippen MR) is 69.8 cm³/mol. The molecule has 0 aliphatic heterocycles. The molecule has 0 radical (unpaired) electrons. The lowest BCUT2D eigenvalue weighted by atomic mass is 10.2. The number of hydrogen-bond donors (Lipinski definition) is 1. The molecule has 0 fully saturated rings. The lowest BCUT2D eigenvalue weighted by Crippen LogP contribution is -2.31. The van der Waals surface area contributed by atoms with Crippen molar-refractivity contribution in [3.63, 3.8) is 0 Å². The van der Waals surface area contributed by atoms with Crippen LogP contribution >= 0.6 is 15.9 Å². The Balaban J connectivity index is 2.17. The summed E-state index contributed by atoms with van der Waals surface area (Å²) in [6.45, 7) is 0.184. The molecule has 0 aliphatic rings. The van der Waals surface area contributed by atoms with Gasteiger partial charge in [-0.15, -0.1) is 0 Å². The van der Waals surface area contributed by atoms with Crippen molar-refractivity contribution in [1.29, 1.82) is 0 Å². The molecule has 1 N–H and O–H groups in total. The summed E-state index contributed by atoms with van der Waals surface area (Å²) < 4.78 is 32.2. The molecule has 2 heterocycles. The standard InChI is InChI=1S/C10H12BrN3O3S/c11-8-18(15,16)13-7-9(10-3-1-6-17-10)14-5-2-4-12-14/h1-6,9,13H,7-8H2. The Labute approximate surface area is 113 Å². The minimum absolute atomic E-state index is 0.135. The Morgan fingerprint density at radius 1 is 1.50 bits per heavy atom. The molecule has 6 nitrogen and oxygen atoms in total. The minimum Gasteiger partial charge on any atom is -0.467 e. The Kier molecular flexibility index (Phi) is 4.20. The van der Waals surface area contributed by atoms with Crippen LogP contribution in [0.3, 0.4) is 0 Å². The molecule has 0 aliphatic carbocycles. The van der Waals surface area contributed by atoms with Crippen molar-refractivity contribution >= 4 is 26.0 Å². The fraction of sp³-hybridized carbons (Fsp3) is 0.300. The number of furan rings is 1. The van der Waals surface area contributed by atoms with E-state index >= 15 is 0 Å². The fourth-order valence-corrected chi connectivity index (χ4v) is 2.49. The highest BCUT2D eigenvalue weighted by Gasteiger charge is 2.19. The van der Waals surface area contributed by atoms with E-state index < -0.39 is 10.0 Å². The summed E-state index contributed by atoms with van der Waals surface area (Å²) in [6.07, 6.45) is 4.94. The highest BCUT2D eigenvalue weighted by Crippen LogP contribution is 2.17. The van der Waals surface area contributed by atoms with Crippen LogP contribution in [-0.2, 0) is 10.0 Å². The first-order valence-corrected chi connectivity index (χ1v) is 7.95. The van der Waals surface area contributed by atoms with Gasteiger partial charge in [0.1, 0.15) is 16.5 Å². The topological polar surface area (TPSA) is 77.1 Å². The van der Waals surface area contributed by atoms with E-state index in [0.717, 1.165) is 0 Å². The molecule has 0 saturated heterocycles. The first kappa shape index (κ1) is 13.3. The summed E-state index contributed by atoms with van der Waals surface area (Å²) in [4.78, 5) is 0. The number of aromatic nitrogens is 2. The van der Waals surface area contributed by atoms with Gasteiger partial charge in [0, 0.05) is 18.9 Å². The number of alkyl halides is 1. The van der Waals surface area contributed by atoms with Gasteiger partial charge in [0.05, 0.1) is 6.26 Å². The molecule has 2 aromatic rings. The second kappa shape index (κ2) is 5.68. The quantitative estimate of drug-likeness (QED) is 0.809. The molecule has 18 heavy (non-hydrogen) atoms. The van der Waals surface area contributed by atoms with Crippen LogP contribution in [0.25, 0.3) is 0 Å². The third-order valence-corrected chi connectivity index (χ3v) is 5.06. The molecule has 2 rings (SSSR count). The number of sulfonamides is 1. The molecule has 1 atom stereocenters. The molecule has 0 amide bonds. The zero-order valence-corrected chi connectivity index (χ0v) is 11.8. The van der Waals surface area contributed by atoms with Crippen LogP contribution in [-0.4, -0.2) is 29.4 Å². The first-order valence-electron chi connectivity index (χ1n) is 5.18. The third kappa shape index (κ3) is 3.21. The van der Waals surface area contributed by atoms with Gasteiger partial charge in [0.25, 0.3) is 0 Å². The average Bonchev–Trinajstić information content (AvgIpc) is 3.01. The van der Waals surface area contributed by atoms with Gasteiger partial charge in [-0.2, -0.15) is 5.10 Å². The fourth-order valence-electron chi connectivity index (χ4n) is 1.51. The second-order valence-corrected chi connectivity index (χ2v) is 6.70. The summed E-state index contributed by atoms with van der Waals surface area (Å²) >= 11 is 2.92. The lowest BCUT2D eigenvalue weighted by Gasteiger charge is -2.15. The Hall–Kier alpha value is -1.12.